The van der Waals surface area contributed by atoms with Gasteiger partial charge in [-0.1, -0.05) is 78.0 Å². The van der Waals surface area contributed by atoms with E-state index >= 15 is 0 Å². The van der Waals surface area contributed by atoms with E-state index < -0.39 is 28.5 Å². The fourth-order valence-corrected chi connectivity index (χ4v) is 6.01. The van der Waals surface area contributed by atoms with Crippen molar-refractivity contribution in [3.05, 3.63) is 92.9 Å². The summed E-state index contributed by atoms with van der Waals surface area (Å²) in [5.74, 6) is -0.956. The van der Waals surface area contributed by atoms with Crippen LogP contribution in [0.4, 0.5) is 5.69 Å². The molecule has 0 aliphatic heterocycles. The van der Waals surface area contributed by atoms with Crippen molar-refractivity contribution in [2.75, 3.05) is 17.4 Å². The third-order valence-electron chi connectivity index (χ3n) is 6.34. The summed E-state index contributed by atoms with van der Waals surface area (Å²) in [6, 6.07) is 16.5. The Labute approximate surface area is 251 Å². The minimum Gasteiger partial charge on any atom is -0.354 e. The van der Waals surface area contributed by atoms with Gasteiger partial charge in [-0.05, 0) is 68.3 Å². The lowest BCUT2D eigenvalue weighted by Crippen LogP contribution is -2.51. The molecule has 0 heterocycles. The number of hydrogen-bond donors (Lipinski definition) is 1. The molecule has 2 amide bonds. The number of carbonyl (C=O) groups excluding carboxylic acids is 2. The molecule has 0 aromatic heterocycles. The van der Waals surface area contributed by atoms with Gasteiger partial charge in [0, 0.05) is 28.2 Å². The predicted molar refractivity (Wildman–Crippen MR) is 162 cm³/mol. The van der Waals surface area contributed by atoms with Crippen molar-refractivity contribution < 1.29 is 18.0 Å². The first-order valence-electron chi connectivity index (χ1n) is 12.8. The Morgan fingerprint density at radius 1 is 0.950 bits per heavy atom. The molecule has 0 fully saturated rings. The number of nitrogens with zero attached hydrogens (tertiary/aromatic N) is 2. The Hall–Kier alpha value is -2.78. The largest absolute Gasteiger partial charge is 0.354 e. The lowest BCUT2D eigenvalue weighted by Gasteiger charge is -2.32. The lowest BCUT2D eigenvalue weighted by atomic mass is 10.1. The molecule has 1 N–H and O–H groups in total. The van der Waals surface area contributed by atoms with Crippen LogP contribution in [-0.4, -0.2) is 44.3 Å². The number of sulfonamides is 1. The van der Waals surface area contributed by atoms with E-state index in [2.05, 4.69) is 5.32 Å². The van der Waals surface area contributed by atoms with Gasteiger partial charge in [-0.2, -0.15) is 0 Å². The Balaban J connectivity index is 2.02. The van der Waals surface area contributed by atoms with Crippen LogP contribution in [0.2, 0.25) is 15.1 Å². The lowest BCUT2D eigenvalue weighted by molar-refractivity contribution is -0.139. The topological polar surface area (TPSA) is 86.8 Å². The fraction of sp³-hybridized carbons (Fsp3) is 0.310. The molecule has 1 atom stereocenters. The van der Waals surface area contributed by atoms with Gasteiger partial charge in [0.25, 0.3) is 10.0 Å². The van der Waals surface area contributed by atoms with Gasteiger partial charge < -0.3 is 10.2 Å². The van der Waals surface area contributed by atoms with Gasteiger partial charge in [0.1, 0.15) is 12.6 Å². The van der Waals surface area contributed by atoms with Gasteiger partial charge in [0.05, 0.1) is 10.6 Å². The molecule has 0 unspecified atom stereocenters. The van der Waals surface area contributed by atoms with Crippen LogP contribution in [0.5, 0.6) is 0 Å². The van der Waals surface area contributed by atoms with Gasteiger partial charge in [-0.25, -0.2) is 8.42 Å². The van der Waals surface area contributed by atoms with Gasteiger partial charge >= 0.3 is 0 Å². The summed E-state index contributed by atoms with van der Waals surface area (Å²) in [6.07, 6.45) is 1.68. The summed E-state index contributed by atoms with van der Waals surface area (Å²) in [7, 11) is -4.18. The molecule has 0 radical (unpaired) electrons. The molecule has 0 saturated heterocycles. The summed E-state index contributed by atoms with van der Waals surface area (Å²) >= 11 is 18.7. The zero-order valence-electron chi connectivity index (χ0n) is 22.5. The summed E-state index contributed by atoms with van der Waals surface area (Å²) in [6.45, 7) is 5.30. The van der Waals surface area contributed by atoms with Crippen molar-refractivity contribution in [2.45, 2.75) is 51.1 Å². The SMILES string of the molecule is CCCCNC(=O)[C@@H](C)N(Cc1ccc(Cl)cc1Cl)C(=O)CN(c1cccc(Cl)c1)S(=O)(=O)c1ccc(C)cc1. The van der Waals surface area contributed by atoms with Crippen molar-refractivity contribution in [3.8, 4) is 0 Å². The summed E-state index contributed by atoms with van der Waals surface area (Å²) in [4.78, 5) is 28.3. The molecule has 0 aliphatic carbocycles. The third kappa shape index (κ3) is 8.13. The number of benzene rings is 3. The molecule has 0 bridgehead atoms. The first kappa shape index (κ1) is 31.7. The molecule has 0 spiro atoms. The minimum atomic E-state index is -4.18. The van der Waals surface area contributed by atoms with Crippen molar-refractivity contribution in [1.82, 2.24) is 10.2 Å². The summed E-state index contributed by atoms with van der Waals surface area (Å²) < 4.78 is 28.7. The number of amides is 2. The van der Waals surface area contributed by atoms with Crippen LogP contribution in [0.3, 0.4) is 0 Å². The third-order valence-corrected chi connectivity index (χ3v) is 8.95. The van der Waals surface area contributed by atoms with E-state index in [-0.39, 0.29) is 23.0 Å². The molecule has 214 valence electrons. The molecule has 3 aromatic carbocycles. The van der Waals surface area contributed by atoms with E-state index in [9.17, 15) is 18.0 Å². The molecule has 40 heavy (non-hydrogen) atoms. The highest BCUT2D eigenvalue weighted by Gasteiger charge is 2.32. The van der Waals surface area contributed by atoms with E-state index in [0.717, 1.165) is 22.7 Å². The van der Waals surface area contributed by atoms with E-state index in [1.807, 2.05) is 13.8 Å². The van der Waals surface area contributed by atoms with Crippen LogP contribution in [-0.2, 0) is 26.2 Å². The van der Waals surface area contributed by atoms with E-state index in [1.54, 1.807) is 55.5 Å². The Kier molecular flexibility index (Phi) is 11.3. The van der Waals surface area contributed by atoms with E-state index in [0.29, 0.717) is 27.2 Å². The molecule has 3 rings (SSSR count). The number of rotatable bonds is 12. The number of anilines is 1. The first-order chi connectivity index (χ1) is 18.9. The maximum atomic E-state index is 13.9. The van der Waals surface area contributed by atoms with Crippen LogP contribution >= 0.6 is 34.8 Å². The van der Waals surface area contributed by atoms with Crippen LogP contribution in [0.25, 0.3) is 0 Å². The van der Waals surface area contributed by atoms with Gasteiger partial charge in [0.15, 0.2) is 0 Å². The highest BCUT2D eigenvalue weighted by Crippen LogP contribution is 2.28. The second kappa shape index (κ2) is 14.2. The molecular formula is C29H32Cl3N3O4S. The zero-order chi connectivity index (χ0) is 29.4. The van der Waals surface area contributed by atoms with Gasteiger partial charge in [-0.15, -0.1) is 0 Å². The quantitative estimate of drug-likeness (QED) is 0.234. The first-order valence-corrected chi connectivity index (χ1v) is 15.4. The Bertz CT molecular complexity index is 1450. The molecule has 0 saturated carbocycles. The zero-order valence-corrected chi connectivity index (χ0v) is 25.6. The number of unbranched alkanes of at least 4 members (excludes halogenated alkanes) is 1. The van der Waals surface area contributed by atoms with Crippen molar-refractivity contribution in [2.24, 2.45) is 0 Å². The highest BCUT2D eigenvalue weighted by molar-refractivity contribution is 7.92. The van der Waals surface area contributed by atoms with Gasteiger partial charge in [-0.3, -0.25) is 13.9 Å². The Morgan fingerprint density at radius 3 is 2.25 bits per heavy atom. The molecule has 3 aromatic rings. The van der Waals surface area contributed by atoms with Crippen molar-refractivity contribution in [1.29, 1.82) is 0 Å². The molecule has 11 heteroatoms. The number of aryl methyl sites for hydroxylation is 1. The van der Waals surface area contributed by atoms with E-state index in [4.69, 9.17) is 34.8 Å². The number of hydrogen-bond acceptors (Lipinski definition) is 4. The average molecular weight is 625 g/mol. The Morgan fingerprint density at radius 2 is 1.62 bits per heavy atom. The molecule has 0 aliphatic rings. The smallest absolute Gasteiger partial charge is 0.264 e. The summed E-state index contributed by atoms with van der Waals surface area (Å²) in [5, 5.41) is 3.90. The van der Waals surface area contributed by atoms with E-state index in [1.165, 1.54) is 23.1 Å². The standard InChI is InChI=1S/C29H32Cl3N3O4S/c1-4-5-15-33-29(37)21(3)34(18-22-11-12-24(31)17-27(22)32)28(36)19-35(25-8-6-7-23(30)16-25)40(38,39)26-13-9-20(2)10-14-26/h6-14,16-17,21H,4-5,15,18-19H2,1-3H3,(H,33,37)/t21-/m1/s1. The molecule has 7 nitrogen and oxygen atoms in total. The van der Waals surface area contributed by atoms with Crippen LogP contribution in [0.1, 0.15) is 37.8 Å². The monoisotopic (exact) mass is 623 g/mol. The number of carbonyl (C=O) groups is 2. The highest BCUT2D eigenvalue weighted by atomic mass is 35.5. The van der Waals surface area contributed by atoms with Gasteiger partial charge in [0.2, 0.25) is 11.8 Å². The second-order valence-corrected chi connectivity index (χ2v) is 12.5. The van der Waals surface area contributed by atoms with Crippen molar-refractivity contribution in [3.63, 3.8) is 0 Å². The predicted octanol–water partition coefficient (Wildman–Crippen LogP) is 6.48. The second-order valence-electron chi connectivity index (χ2n) is 9.38. The average Bonchev–Trinajstić information content (AvgIpc) is 2.91. The summed E-state index contributed by atoms with van der Waals surface area (Å²) in [5.41, 5.74) is 1.66. The molecular weight excluding hydrogens is 593 g/mol. The van der Waals surface area contributed by atoms with Crippen molar-refractivity contribution >= 4 is 62.3 Å². The number of nitrogens with one attached hydrogen (secondary N) is 1. The van der Waals surface area contributed by atoms with Crippen LogP contribution in [0.15, 0.2) is 71.6 Å². The van der Waals surface area contributed by atoms with Crippen LogP contribution in [0, 0.1) is 6.92 Å². The minimum absolute atomic E-state index is 0.0172. The fourth-order valence-electron chi connectivity index (χ4n) is 3.95. The maximum absolute atomic E-state index is 13.9. The normalized spacial score (nSPS) is 12.1. The maximum Gasteiger partial charge on any atom is 0.264 e. The number of halogens is 3. The van der Waals surface area contributed by atoms with Crippen LogP contribution < -0.4 is 9.62 Å².